The third kappa shape index (κ3) is 4.28. The van der Waals surface area contributed by atoms with Gasteiger partial charge in [-0.05, 0) is 36.9 Å². The maximum atomic E-state index is 12.0. The summed E-state index contributed by atoms with van der Waals surface area (Å²) in [5.74, 6) is -0.774. The molecular weight excluding hydrogens is 338 g/mol. The van der Waals surface area contributed by atoms with Gasteiger partial charge in [0.05, 0.1) is 18.7 Å². The fourth-order valence-corrected chi connectivity index (χ4v) is 3.31. The van der Waals surface area contributed by atoms with Gasteiger partial charge in [0.1, 0.15) is 5.58 Å². The van der Waals surface area contributed by atoms with Crippen LogP contribution in [-0.4, -0.2) is 18.5 Å². The molecule has 0 fully saturated rings. The molecule has 6 heteroatoms. The number of aryl methyl sites for hydroxylation is 1. The number of ether oxygens (including phenoxy) is 1. The largest absolute Gasteiger partial charge is 0.464 e. The minimum absolute atomic E-state index is 0.0732. The van der Waals surface area contributed by atoms with Crippen molar-refractivity contribution in [3.05, 3.63) is 58.0 Å². The molecule has 1 atom stereocenters. The Balaban J connectivity index is 1.51. The normalized spacial score (nSPS) is 12.1. The fraction of sp³-hybridized carbons (Fsp3) is 0.263. The predicted molar refractivity (Wildman–Crippen MR) is 96.5 cm³/mol. The van der Waals surface area contributed by atoms with Gasteiger partial charge in [-0.25, -0.2) is 0 Å². The lowest BCUT2D eigenvalue weighted by molar-refractivity contribution is -0.148. The topological polar surface area (TPSA) is 68.5 Å². The summed E-state index contributed by atoms with van der Waals surface area (Å²) in [6, 6.07) is 9.58. The molecular formula is C19H19NO4S. The summed E-state index contributed by atoms with van der Waals surface area (Å²) in [6.07, 6.45) is 1.63. The molecule has 0 spiro atoms. The van der Waals surface area contributed by atoms with Gasteiger partial charge in [0, 0.05) is 15.8 Å². The first-order valence-corrected chi connectivity index (χ1v) is 8.86. The molecule has 0 saturated carbocycles. The zero-order valence-electron chi connectivity index (χ0n) is 14.1. The van der Waals surface area contributed by atoms with E-state index in [1.54, 1.807) is 17.6 Å². The van der Waals surface area contributed by atoms with E-state index in [2.05, 4.69) is 5.32 Å². The van der Waals surface area contributed by atoms with E-state index >= 15 is 0 Å². The van der Waals surface area contributed by atoms with E-state index in [1.807, 2.05) is 49.6 Å². The molecule has 0 radical (unpaired) electrons. The first-order valence-electron chi connectivity index (χ1n) is 7.98. The van der Waals surface area contributed by atoms with Crippen LogP contribution >= 0.6 is 11.3 Å². The number of carbonyl (C=O) groups is 2. The lowest BCUT2D eigenvalue weighted by atomic mass is 10.1. The van der Waals surface area contributed by atoms with Crippen molar-refractivity contribution in [3.63, 3.8) is 0 Å². The highest BCUT2D eigenvalue weighted by Crippen LogP contribution is 2.23. The van der Waals surface area contributed by atoms with Gasteiger partial charge in [-0.3, -0.25) is 9.59 Å². The summed E-state index contributed by atoms with van der Waals surface area (Å²) in [4.78, 5) is 25.0. The van der Waals surface area contributed by atoms with Gasteiger partial charge in [0.15, 0.2) is 6.61 Å². The summed E-state index contributed by atoms with van der Waals surface area (Å²) in [5.41, 5.74) is 2.59. The molecule has 1 aromatic carbocycles. The van der Waals surface area contributed by atoms with Crippen molar-refractivity contribution >= 4 is 34.2 Å². The molecule has 130 valence electrons. The first kappa shape index (κ1) is 17.2. The van der Waals surface area contributed by atoms with Crippen LogP contribution in [0, 0.1) is 6.92 Å². The second kappa shape index (κ2) is 7.53. The maximum absolute atomic E-state index is 12.0. The lowest BCUT2D eigenvalue weighted by Gasteiger charge is -2.12. The maximum Gasteiger partial charge on any atom is 0.310 e. The predicted octanol–water partition coefficient (Wildman–Crippen LogP) is 3.77. The molecule has 0 bridgehead atoms. The Morgan fingerprint density at radius 2 is 2.16 bits per heavy atom. The van der Waals surface area contributed by atoms with Crippen LogP contribution in [0.5, 0.6) is 0 Å². The number of furan rings is 1. The molecule has 2 aromatic heterocycles. The summed E-state index contributed by atoms with van der Waals surface area (Å²) in [5, 5.41) is 5.65. The van der Waals surface area contributed by atoms with Crippen molar-refractivity contribution in [1.29, 1.82) is 0 Å². The molecule has 0 aliphatic rings. The smallest absolute Gasteiger partial charge is 0.310 e. The molecule has 0 saturated heterocycles. The van der Waals surface area contributed by atoms with Crippen LogP contribution in [0.15, 0.2) is 46.4 Å². The van der Waals surface area contributed by atoms with Crippen molar-refractivity contribution in [2.24, 2.45) is 0 Å². The number of hydrogen-bond donors (Lipinski definition) is 1. The van der Waals surface area contributed by atoms with Crippen LogP contribution in [-0.2, 0) is 20.7 Å². The number of amides is 1. The number of benzene rings is 1. The lowest BCUT2D eigenvalue weighted by Crippen LogP contribution is -2.31. The second-order valence-corrected chi connectivity index (χ2v) is 6.88. The first-order chi connectivity index (χ1) is 12.0. The van der Waals surface area contributed by atoms with Crippen molar-refractivity contribution in [3.8, 4) is 0 Å². The van der Waals surface area contributed by atoms with E-state index in [0.29, 0.717) is 0 Å². The second-order valence-electron chi connectivity index (χ2n) is 5.90. The fourth-order valence-electron chi connectivity index (χ4n) is 2.57. The highest BCUT2D eigenvalue weighted by atomic mass is 32.1. The van der Waals surface area contributed by atoms with Crippen molar-refractivity contribution in [2.75, 3.05) is 6.61 Å². The monoisotopic (exact) mass is 357 g/mol. The quantitative estimate of drug-likeness (QED) is 0.682. The van der Waals surface area contributed by atoms with Gasteiger partial charge >= 0.3 is 5.97 Å². The minimum atomic E-state index is -0.456. The standard InChI is InChI=1S/C19H19NO4S/c1-12-5-6-15-14(10-23-16(15)8-12)9-19(22)24-11-18(21)20-13(2)17-4-3-7-25-17/h3-8,10,13H,9,11H2,1-2H3,(H,20,21)/t13-/m1/s1. The van der Waals surface area contributed by atoms with Crippen molar-refractivity contribution in [2.45, 2.75) is 26.3 Å². The van der Waals surface area contributed by atoms with Gasteiger partial charge in [-0.2, -0.15) is 0 Å². The van der Waals surface area contributed by atoms with E-state index < -0.39 is 5.97 Å². The molecule has 25 heavy (non-hydrogen) atoms. The summed E-state index contributed by atoms with van der Waals surface area (Å²) in [7, 11) is 0. The van der Waals surface area contributed by atoms with Gasteiger partial charge in [0.25, 0.3) is 5.91 Å². The molecule has 5 nitrogen and oxygen atoms in total. The van der Waals surface area contributed by atoms with Crippen LogP contribution in [0.3, 0.4) is 0 Å². The number of hydrogen-bond acceptors (Lipinski definition) is 5. The van der Waals surface area contributed by atoms with Crippen LogP contribution in [0.4, 0.5) is 0 Å². The van der Waals surface area contributed by atoms with E-state index in [-0.39, 0.29) is 25.0 Å². The van der Waals surface area contributed by atoms with Gasteiger partial charge in [0.2, 0.25) is 0 Å². The Morgan fingerprint density at radius 1 is 1.32 bits per heavy atom. The molecule has 2 heterocycles. The van der Waals surface area contributed by atoms with E-state index in [0.717, 1.165) is 27.0 Å². The van der Waals surface area contributed by atoms with E-state index in [1.165, 1.54) is 0 Å². The Morgan fingerprint density at radius 3 is 2.92 bits per heavy atom. The summed E-state index contributed by atoms with van der Waals surface area (Å²) < 4.78 is 10.5. The van der Waals surface area contributed by atoms with Crippen molar-refractivity contribution < 1.29 is 18.7 Å². The highest BCUT2D eigenvalue weighted by molar-refractivity contribution is 7.10. The zero-order valence-corrected chi connectivity index (χ0v) is 14.9. The van der Waals surface area contributed by atoms with Crippen molar-refractivity contribution in [1.82, 2.24) is 5.32 Å². The number of esters is 1. The number of carbonyl (C=O) groups excluding carboxylic acids is 2. The Hall–Kier alpha value is -2.60. The molecule has 3 aromatic rings. The zero-order chi connectivity index (χ0) is 17.8. The molecule has 3 rings (SSSR count). The Labute approximate surface area is 149 Å². The number of thiophene rings is 1. The molecule has 1 N–H and O–H groups in total. The van der Waals surface area contributed by atoms with E-state index in [4.69, 9.17) is 9.15 Å². The van der Waals surface area contributed by atoms with Crippen LogP contribution in [0.1, 0.15) is 29.0 Å². The molecule has 0 aliphatic heterocycles. The van der Waals surface area contributed by atoms with Crippen LogP contribution in [0.25, 0.3) is 11.0 Å². The van der Waals surface area contributed by atoms with Gasteiger partial charge in [-0.15, -0.1) is 11.3 Å². The average Bonchev–Trinajstić information content (AvgIpc) is 3.23. The number of rotatable bonds is 6. The number of fused-ring (bicyclic) bond motifs is 1. The molecule has 1 amide bonds. The van der Waals surface area contributed by atoms with Crippen LogP contribution in [0.2, 0.25) is 0 Å². The Kier molecular flexibility index (Phi) is 5.19. The van der Waals surface area contributed by atoms with Gasteiger partial charge < -0.3 is 14.5 Å². The van der Waals surface area contributed by atoms with Crippen LogP contribution < -0.4 is 5.32 Å². The third-order valence-electron chi connectivity index (χ3n) is 3.86. The Bertz CT molecular complexity index is 882. The molecule has 0 unspecified atom stereocenters. The minimum Gasteiger partial charge on any atom is -0.464 e. The third-order valence-corrected chi connectivity index (χ3v) is 4.91. The van der Waals surface area contributed by atoms with E-state index in [9.17, 15) is 9.59 Å². The summed E-state index contributed by atoms with van der Waals surface area (Å²) >= 11 is 1.57. The SMILES string of the molecule is Cc1ccc2c(CC(=O)OCC(=O)N[C@H](C)c3cccs3)coc2c1. The average molecular weight is 357 g/mol. The number of nitrogens with one attached hydrogen (secondary N) is 1. The summed E-state index contributed by atoms with van der Waals surface area (Å²) in [6.45, 7) is 3.58. The highest BCUT2D eigenvalue weighted by Gasteiger charge is 2.15. The van der Waals surface area contributed by atoms with Gasteiger partial charge in [-0.1, -0.05) is 18.2 Å². The molecule has 0 aliphatic carbocycles.